The lowest BCUT2D eigenvalue weighted by Gasteiger charge is -2.23. The summed E-state index contributed by atoms with van der Waals surface area (Å²) in [7, 11) is 0. The Morgan fingerprint density at radius 2 is 1.62 bits per heavy atom. The predicted molar refractivity (Wildman–Crippen MR) is 125 cm³/mol. The van der Waals surface area contributed by atoms with Gasteiger partial charge in [0.1, 0.15) is 22.6 Å². The van der Waals surface area contributed by atoms with E-state index >= 15 is 0 Å². The zero-order valence-electron chi connectivity index (χ0n) is 18.5. The molecule has 1 saturated carbocycles. The SMILES string of the molecule is CCCC/C=C\c1cccc(C(=O)O)c1O.O=C(O)c1ccccc1OC1CCCCC1. The van der Waals surface area contributed by atoms with Gasteiger partial charge in [-0.3, -0.25) is 0 Å². The molecule has 32 heavy (non-hydrogen) atoms. The topological polar surface area (TPSA) is 104 Å². The summed E-state index contributed by atoms with van der Waals surface area (Å²) in [6, 6.07) is 11.6. The number of carbonyl (C=O) groups is 2. The van der Waals surface area contributed by atoms with Gasteiger partial charge < -0.3 is 20.1 Å². The Kier molecular flexibility index (Phi) is 10.3. The van der Waals surface area contributed by atoms with Gasteiger partial charge in [-0.1, -0.05) is 62.6 Å². The second kappa shape index (κ2) is 13.2. The number of benzene rings is 2. The molecule has 0 atom stereocenters. The van der Waals surface area contributed by atoms with Crippen LogP contribution in [0.15, 0.2) is 48.5 Å². The van der Waals surface area contributed by atoms with Crippen LogP contribution in [0.1, 0.15) is 84.6 Å². The monoisotopic (exact) mass is 440 g/mol. The lowest BCUT2D eigenvalue weighted by molar-refractivity contribution is 0.0677. The van der Waals surface area contributed by atoms with Gasteiger partial charge in [0, 0.05) is 5.56 Å². The van der Waals surface area contributed by atoms with E-state index in [9.17, 15) is 14.7 Å². The molecule has 0 heterocycles. The molecule has 1 aliphatic carbocycles. The molecule has 6 heteroatoms. The van der Waals surface area contributed by atoms with Crippen LogP contribution in [0, 0.1) is 0 Å². The summed E-state index contributed by atoms with van der Waals surface area (Å²) < 4.78 is 5.77. The molecule has 172 valence electrons. The van der Waals surface area contributed by atoms with E-state index in [1.807, 2.05) is 12.1 Å². The fraction of sp³-hybridized carbons (Fsp3) is 0.385. The summed E-state index contributed by atoms with van der Waals surface area (Å²) >= 11 is 0. The molecular weight excluding hydrogens is 408 g/mol. The number of phenols is 1. The first kappa shape index (κ1) is 25.0. The minimum atomic E-state index is -1.11. The minimum absolute atomic E-state index is 0.0577. The average Bonchev–Trinajstić information content (AvgIpc) is 2.79. The summed E-state index contributed by atoms with van der Waals surface area (Å²) in [6.07, 6.45) is 12.7. The third-order valence-corrected chi connectivity index (χ3v) is 5.28. The predicted octanol–water partition coefficient (Wildman–Crippen LogP) is 6.39. The first-order chi connectivity index (χ1) is 15.4. The third kappa shape index (κ3) is 7.76. The normalized spacial score (nSPS) is 13.9. The lowest BCUT2D eigenvalue weighted by atomic mass is 9.97. The van der Waals surface area contributed by atoms with E-state index in [2.05, 4.69) is 6.92 Å². The van der Waals surface area contributed by atoms with Crippen molar-refractivity contribution in [3.63, 3.8) is 0 Å². The van der Waals surface area contributed by atoms with E-state index in [0.29, 0.717) is 11.3 Å². The van der Waals surface area contributed by atoms with Crippen LogP contribution in [0.4, 0.5) is 0 Å². The number of carboxylic acids is 2. The minimum Gasteiger partial charge on any atom is -0.506 e. The Labute approximate surface area is 189 Å². The fourth-order valence-corrected chi connectivity index (χ4v) is 3.51. The Bertz CT molecular complexity index is 912. The first-order valence-corrected chi connectivity index (χ1v) is 11.1. The maximum Gasteiger partial charge on any atom is 0.339 e. The number of aromatic carboxylic acids is 2. The largest absolute Gasteiger partial charge is 0.506 e. The second-order valence-corrected chi connectivity index (χ2v) is 7.77. The number of para-hydroxylation sites is 2. The first-order valence-electron chi connectivity index (χ1n) is 11.1. The summed E-state index contributed by atoms with van der Waals surface area (Å²) in [5.41, 5.74) is 0.752. The molecular formula is C26H32O6. The van der Waals surface area contributed by atoms with Crippen LogP contribution in [-0.4, -0.2) is 33.4 Å². The van der Waals surface area contributed by atoms with Crippen molar-refractivity contribution in [2.24, 2.45) is 0 Å². The molecule has 6 nitrogen and oxygen atoms in total. The molecule has 3 N–H and O–H groups in total. The number of hydrogen-bond donors (Lipinski definition) is 3. The van der Waals surface area contributed by atoms with Crippen LogP contribution in [0.25, 0.3) is 6.08 Å². The van der Waals surface area contributed by atoms with Gasteiger partial charge in [-0.15, -0.1) is 0 Å². The number of ether oxygens (including phenoxy) is 1. The van der Waals surface area contributed by atoms with E-state index in [1.165, 1.54) is 25.3 Å². The van der Waals surface area contributed by atoms with Gasteiger partial charge in [-0.25, -0.2) is 9.59 Å². The molecule has 3 rings (SSSR count). The lowest BCUT2D eigenvalue weighted by Crippen LogP contribution is -2.20. The second-order valence-electron chi connectivity index (χ2n) is 7.77. The van der Waals surface area contributed by atoms with E-state index in [4.69, 9.17) is 14.9 Å². The van der Waals surface area contributed by atoms with Crippen LogP contribution in [0.2, 0.25) is 0 Å². The number of rotatable bonds is 8. The van der Waals surface area contributed by atoms with Crippen LogP contribution in [0.3, 0.4) is 0 Å². The van der Waals surface area contributed by atoms with Gasteiger partial charge in [0.15, 0.2) is 0 Å². The summed E-state index contributed by atoms with van der Waals surface area (Å²) in [5.74, 6) is -1.70. The van der Waals surface area contributed by atoms with Crippen molar-refractivity contribution in [2.45, 2.75) is 64.4 Å². The smallest absolute Gasteiger partial charge is 0.339 e. The van der Waals surface area contributed by atoms with Gasteiger partial charge in [0.05, 0.1) is 6.10 Å². The van der Waals surface area contributed by atoms with Crippen LogP contribution in [0.5, 0.6) is 11.5 Å². The van der Waals surface area contributed by atoms with Crippen molar-refractivity contribution in [3.8, 4) is 11.5 Å². The summed E-state index contributed by atoms with van der Waals surface area (Å²) in [6.45, 7) is 2.11. The molecule has 0 unspecified atom stereocenters. The van der Waals surface area contributed by atoms with E-state index in [0.717, 1.165) is 32.1 Å². The molecule has 0 saturated heterocycles. The number of hydrogen-bond acceptors (Lipinski definition) is 4. The Morgan fingerprint density at radius 1 is 0.969 bits per heavy atom. The van der Waals surface area contributed by atoms with Gasteiger partial charge in [0.25, 0.3) is 0 Å². The molecule has 0 amide bonds. The molecule has 0 bridgehead atoms. The van der Waals surface area contributed by atoms with Crippen molar-refractivity contribution in [2.75, 3.05) is 0 Å². The van der Waals surface area contributed by atoms with E-state index in [-0.39, 0.29) is 23.0 Å². The highest BCUT2D eigenvalue weighted by atomic mass is 16.5. The number of allylic oxidation sites excluding steroid dienone is 1. The maximum absolute atomic E-state index is 11.0. The van der Waals surface area contributed by atoms with Gasteiger partial charge in [-0.2, -0.15) is 0 Å². The zero-order chi connectivity index (χ0) is 23.3. The zero-order valence-corrected chi connectivity index (χ0v) is 18.5. The van der Waals surface area contributed by atoms with Crippen LogP contribution in [-0.2, 0) is 0 Å². The van der Waals surface area contributed by atoms with Crippen molar-refractivity contribution < 1.29 is 29.6 Å². The quantitative estimate of drug-likeness (QED) is 0.411. The van der Waals surface area contributed by atoms with Crippen LogP contribution < -0.4 is 4.74 Å². The number of carboxylic acid groups (broad SMARTS) is 2. The number of aromatic hydroxyl groups is 1. The highest BCUT2D eigenvalue weighted by Crippen LogP contribution is 2.26. The molecule has 2 aromatic rings. The van der Waals surface area contributed by atoms with E-state index in [1.54, 1.807) is 36.4 Å². The molecule has 0 spiro atoms. The van der Waals surface area contributed by atoms with E-state index < -0.39 is 11.9 Å². The Hall–Kier alpha value is -3.28. The molecule has 1 aliphatic rings. The van der Waals surface area contributed by atoms with Gasteiger partial charge >= 0.3 is 11.9 Å². The maximum atomic E-state index is 11.0. The molecule has 0 aliphatic heterocycles. The number of unbranched alkanes of at least 4 members (excludes halogenated alkanes) is 2. The fourth-order valence-electron chi connectivity index (χ4n) is 3.51. The van der Waals surface area contributed by atoms with Gasteiger partial charge in [-0.05, 0) is 50.3 Å². The van der Waals surface area contributed by atoms with Crippen molar-refractivity contribution in [1.29, 1.82) is 0 Å². The molecule has 0 radical (unpaired) electrons. The Balaban J connectivity index is 0.000000227. The van der Waals surface area contributed by atoms with Gasteiger partial charge in [0.2, 0.25) is 0 Å². The highest BCUT2D eigenvalue weighted by Gasteiger charge is 2.18. The summed E-state index contributed by atoms with van der Waals surface area (Å²) in [4.78, 5) is 21.7. The molecule has 0 aromatic heterocycles. The molecule has 1 fully saturated rings. The molecule has 2 aromatic carbocycles. The summed E-state index contributed by atoms with van der Waals surface area (Å²) in [5, 5.41) is 27.5. The standard InChI is InChI=1S/2C13H16O3/c14-13(15)11-8-4-5-9-12(11)16-10-6-2-1-3-7-10;1-2-3-4-5-7-10-8-6-9-11(12(10)14)13(15)16/h4-5,8-10H,1-3,6-7H2,(H,14,15);5-9,14H,2-4H2,1H3,(H,15,16)/b;7-5-. The third-order valence-electron chi connectivity index (χ3n) is 5.28. The Morgan fingerprint density at radius 3 is 2.28 bits per heavy atom. The van der Waals surface area contributed by atoms with Crippen LogP contribution >= 0.6 is 0 Å². The van der Waals surface area contributed by atoms with Crippen molar-refractivity contribution >= 4 is 18.0 Å². The van der Waals surface area contributed by atoms with Crippen molar-refractivity contribution in [1.82, 2.24) is 0 Å². The average molecular weight is 441 g/mol. The highest BCUT2D eigenvalue weighted by molar-refractivity contribution is 5.92. The van der Waals surface area contributed by atoms with Crippen molar-refractivity contribution in [3.05, 3.63) is 65.2 Å².